The lowest BCUT2D eigenvalue weighted by atomic mass is 10.1. The number of aromatic nitrogens is 3. The van der Waals surface area contributed by atoms with Gasteiger partial charge in [-0.2, -0.15) is 0 Å². The van der Waals surface area contributed by atoms with Crippen LogP contribution in [0.2, 0.25) is 0 Å². The maximum Gasteiger partial charge on any atom is 0.253 e. The van der Waals surface area contributed by atoms with E-state index in [1.165, 1.54) is 4.68 Å². The predicted molar refractivity (Wildman–Crippen MR) is 133 cm³/mol. The maximum absolute atomic E-state index is 13.0. The number of carbonyl (C=O) groups is 1. The normalized spacial score (nSPS) is 14.4. The fourth-order valence-corrected chi connectivity index (χ4v) is 4.20. The molecule has 3 N–H and O–H groups in total. The van der Waals surface area contributed by atoms with Crippen molar-refractivity contribution in [1.82, 2.24) is 19.5 Å². The lowest BCUT2D eigenvalue weighted by Crippen LogP contribution is -2.48. The van der Waals surface area contributed by atoms with Gasteiger partial charge in [0.15, 0.2) is 11.3 Å². The number of hydrogen-bond donors (Lipinski definition) is 2. The van der Waals surface area contributed by atoms with E-state index in [4.69, 9.17) is 5.84 Å². The monoisotopic (exact) mass is 454 g/mol. The van der Waals surface area contributed by atoms with Crippen LogP contribution in [0.15, 0.2) is 78.0 Å². The molecule has 0 aliphatic carbocycles. The van der Waals surface area contributed by atoms with E-state index in [-0.39, 0.29) is 5.91 Å². The summed E-state index contributed by atoms with van der Waals surface area (Å²) in [6.45, 7) is 2.96. The zero-order valence-electron chi connectivity index (χ0n) is 18.9. The van der Waals surface area contributed by atoms with Crippen LogP contribution < -0.4 is 21.5 Å². The molecule has 2 aromatic carbocycles. The van der Waals surface area contributed by atoms with Crippen molar-refractivity contribution in [2.24, 2.45) is 4.99 Å². The maximum atomic E-state index is 13.0. The Morgan fingerprint density at radius 3 is 2.38 bits per heavy atom. The molecule has 0 spiro atoms. The summed E-state index contributed by atoms with van der Waals surface area (Å²) in [5, 5.41) is 3.28. The quantitative estimate of drug-likeness (QED) is 0.459. The van der Waals surface area contributed by atoms with Gasteiger partial charge in [0, 0.05) is 62.6 Å². The van der Waals surface area contributed by atoms with Crippen LogP contribution in [0.4, 0.5) is 17.2 Å². The molecule has 34 heavy (non-hydrogen) atoms. The standard InChI is InChI=1S/C25H26N8O/c1-27-24-23(30-21-4-2-3-5-22(21)33(24)26)29-19-8-6-18(7-9-19)25(34)32-16-14-31(15-17-32)20-10-12-28-13-11-20/h2-13H,14-17,26H2,1H3,(H,29,30). The summed E-state index contributed by atoms with van der Waals surface area (Å²) in [5.74, 6) is 6.85. The highest BCUT2D eigenvalue weighted by Gasteiger charge is 2.22. The zero-order chi connectivity index (χ0) is 23.5. The van der Waals surface area contributed by atoms with Crippen LogP contribution in [0.3, 0.4) is 0 Å². The highest BCUT2D eigenvalue weighted by molar-refractivity contribution is 5.94. The number of nitrogens with one attached hydrogen (secondary N) is 1. The summed E-state index contributed by atoms with van der Waals surface area (Å²) in [6, 6.07) is 19.0. The van der Waals surface area contributed by atoms with Gasteiger partial charge in [-0.15, -0.1) is 0 Å². The summed E-state index contributed by atoms with van der Waals surface area (Å²) >= 11 is 0. The second-order valence-electron chi connectivity index (χ2n) is 8.05. The third kappa shape index (κ3) is 4.15. The Bertz CT molecular complexity index is 1370. The second kappa shape index (κ2) is 9.22. The largest absolute Gasteiger partial charge is 0.368 e. The number of piperazine rings is 1. The van der Waals surface area contributed by atoms with Crippen molar-refractivity contribution < 1.29 is 4.79 Å². The predicted octanol–water partition coefficient (Wildman–Crippen LogP) is 2.38. The highest BCUT2D eigenvalue weighted by atomic mass is 16.2. The number of rotatable bonds is 4. The minimum Gasteiger partial charge on any atom is -0.368 e. The zero-order valence-corrected chi connectivity index (χ0v) is 18.9. The highest BCUT2D eigenvalue weighted by Crippen LogP contribution is 2.19. The molecule has 1 amide bonds. The molecular formula is C25H26N8O. The van der Waals surface area contributed by atoms with E-state index in [1.807, 2.05) is 65.6 Å². The molecule has 1 saturated heterocycles. The molecule has 0 bridgehead atoms. The van der Waals surface area contributed by atoms with Crippen molar-refractivity contribution in [3.63, 3.8) is 0 Å². The molecule has 0 unspecified atom stereocenters. The van der Waals surface area contributed by atoms with E-state index in [9.17, 15) is 4.79 Å². The van der Waals surface area contributed by atoms with Crippen molar-refractivity contribution in [3.8, 4) is 0 Å². The molecule has 5 rings (SSSR count). The van der Waals surface area contributed by atoms with Gasteiger partial charge < -0.3 is 21.0 Å². The van der Waals surface area contributed by atoms with Gasteiger partial charge >= 0.3 is 0 Å². The summed E-state index contributed by atoms with van der Waals surface area (Å²) in [7, 11) is 1.68. The average molecular weight is 455 g/mol. The smallest absolute Gasteiger partial charge is 0.253 e. The Balaban J connectivity index is 1.29. The van der Waals surface area contributed by atoms with Gasteiger partial charge in [0.05, 0.1) is 11.0 Å². The van der Waals surface area contributed by atoms with Crippen LogP contribution in [-0.4, -0.2) is 58.7 Å². The second-order valence-corrected chi connectivity index (χ2v) is 8.05. The minimum absolute atomic E-state index is 0.0359. The topological polar surface area (TPSA) is 105 Å². The molecule has 0 atom stereocenters. The van der Waals surface area contributed by atoms with Gasteiger partial charge in [-0.05, 0) is 48.5 Å². The first-order valence-corrected chi connectivity index (χ1v) is 11.1. The number of anilines is 3. The van der Waals surface area contributed by atoms with Gasteiger partial charge in [-0.1, -0.05) is 12.1 Å². The number of nitrogens with two attached hydrogens (primary N) is 1. The number of pyridine rings is 1. The van der Waals surface area contributed by atoms with Crippen LogP contribution in [0.5, 0.6) is 0 Å². The van der Waals surface area contributed by atoms with Crippen LogP contribution >= 0.6 is 0 Å². The van der Waals surface area contributed by atoms with Crippen molar-refractivity contribution in [2.75, 3.05) is 49.3 Å². The first kappa shape index (κ1) is 21.4. The summed E-state index contributed by atoms with van der Waals surface area (Å²) < 4.78 is 1.52. The first-order valence-electron chi connectivity index (χ1n) is 11.1. The van der Waals surface area contributed by atoms with E-state index < -0.39 is 0 Å². The van der Waals surface area contributed by atoms with Crippen LogP contribution in [0, 0.1) is 0 Å². The van der Waals surface area contributed by atoms with Crippen LogP contribution in [-0.2, 0) is 0 Å². The molecule has 9 nitrogen and oxygen atoms in total. The first-order chi connectivity index (χ1) is 16.6. The molecule has 172 valence electrons. The van der Waals surface area contributed by atoms with Gasteiger partial charge in [0.25, 0.3) is 5.91 Å². The summed E-state index contributed by atoms with van der Waals surface area (Å²) in [6.07, 6.45) is 3.58. The van der Waals surface area contributed by atoms with Gasteiger partial charge in [-0.25, -0.2) is 9.66 Å². The number of amides is 1. The number of nitrogen functional groups attached to an aromatic ring is 1. The molecule has 0 radical (unpaired) electrons. The van der Waals surface area contributed by atoms with Gasteiger partial charge in [0.2, 0.25) is 0 Å². The Morgan fingerprint density at radius 1 is 0.971 bits per heavy atom. The van der Waals surface area contributed by atoms with Crippen molar-refractivity contribution in [3.05, 3.63) is 84.1 Å². The molecule has 1 aliphatic rings. The van der Waals surface area contributed by atoms with Crippen LogP contribution in [0.1, 0.15) is 10.4 Å². The number of para-hydroxylation sites is 2. The Labute approximate surface area is 197 Å². The lowest BCUT2D eigenvalue weighted by Gasteiger charge is -2.36. The molecule has 0 saturated carbocycles. The van der Waals surface area contributed by atoms with E-state index in [0.29, 0.717) is 30.0 Å². The third-order valence-corrected chi connectivity index (χ3v) is 6.01. The van der Waals surface area contributed by atoms with Gasteiger partial charge in [0.1, 0.15) is 0 Å². The van der Waals surface area contributed by atoms with E-state index in [1.54, 1.807) is 19.4 Å². The number of carbonyl (C=O) groups excluding carboxylic acids is 1. The Hall–Kier alpha value is -4.40. The molecule has 1 aliphatic heterocycles. The molecular weight excluding hydrogens is 428 g/mol. The fraction of sp³-hybridized carbons (Fsp3) is 0.200. The van der Waals surface area contributed by atoms with Crippen LogP contribution in [0.25, 0.3) is 11.0 Å². The number of nitrogens with zero attached hydrogens (tertiary/aromatic N) is 6. The number of benzene rings is 2. The van der Waals surface area contributed by atoms with Crippen molar-refractivity contribution >= 4 is 34.1 Å². The van der Waals surface area contributed by atoms with E-state index in [2.05, 4.69) is 25.2 Å². The SMILES string of the molecule is CN=c1c(Nc2ccc(C(=O)N3CCN(c4ccncc4)CC3)cc2)nc2ccccc2n1N. The molecule has 9 heteroatoms. The lowest BCUT2D eigenvalue weighted by molar-refractivity contribution is 0.0747. The fourth-order valence-electron chi connectivity index (χ4n) is 4.20. The molecule has 2 aromatic heterocycles. The van der Waals surface area contributed by atoms with Crippen molar-refractivity contribution in [1.29, 1.82) is 0 Å². The number of fused-ring (bicyclic) bond motifs is 1. The Morgan fingerprint density at radius 2 is 1.68 bits per heavy atom. The summed E-state index contributed by atoms with van der Waals surface area (Å²) in [5.41, 5.74) is 4.68. The number of hydrogen-bond acceptors (Lipinski definition) is 7. The van der Waals surface area contributed by atoms with E-state index in [0.717, 1.165) is 35.5 Å². The molecule has 3 heterocycles. The van der Waals surface area contributed by atoms with Crippen molar-refractivity contribution in [2.45, 2.75) is 0 Å². The summed E-state index contributed by atoms with van der Waals surface area (Å²) in [4.78, 5) is 30.2. The average Bonchev–Trinajstić information content (AvgIpc) is 2.90. The molecule has 4 aromatic rings. The van der Waals surface area contributed by atoms with E-state index >= 15 is 0 Å². The van der Waals surface area contributed by atoms with Gasteiger partial charge in [-0.3, -0.25) is 14.8 Å². The Kier molecular flexibility index (Phi) is 5.82. The molecule has 1 fully saturated rings. The third-order valence-electron chi connectivity index (χ3n) is 6.01. The minimum atomic E-state index is 0.0359.